The first-order valence-electron chi connectivity index (χ1n) is 8.42. The minimum atomic E-state index is -0.367. The van der Waals surface area contributed by atoms with E-state index in [-0.39, 0.29) is 18.4 Å². The van der Waals surface area contributed by atoms with E-state index in [2.05, 4.69) is 20.8 Å². The average Bonchev–Trinajstić information content (AvgIpc) is 2.93. The van der Waals surface area contributed by atoms with E-state index >= 15 is 0 Å². The van der Waals surface area contributed by atoms with Crippen LogP contribution in [0.15, 0.2) is 35.4 Å². The predicted octanol–water partition coefficient (Wildman–Crippen LogP) is 2.76. The number of aryl methyl sites for hydroxylation is 1. The molecule has 0 saturated heterocycles. The van der Waals surface area contributed by atoms with E-state index in [1.807, 2.05) is 37.3 Å². The van der Waals surface area contributed by atoms with Crippen molar-refractivity contribution in [2.24, 2.45) is 5.10 Å². The molecule has 2 aromatic rings. The fraction of sp³-hybridized carbons (Fsp3) is 0.316. The molecule has 26 heavy (non-hydrogen) atoms. The van der Waals surface area contributed by atoms with Gasteiger partial charge in [0, 0.05) is 11.4 Å². The first kappa shape index (κ1) is 19.2. The maximum absolute atomic E-state index is 12.0. The Hall–Kier alpha value is -3.09. The van der Waals surface area contributed by atoms with E-state index in [0.29, 0.717) is 29.3 Å². The molecule has 0 spiro atoms. The SMILES string of the molecule is CCOC(=O)c1c(C)[nH]c(/C(C)=N\NC(=O)CNc2ccccc2)c1C. The summed E-state index contributed by atoms with van der Waals surface area (Å²) in [5.74, 6) is -0.631. The number of aromatic nitrogens is 1. The fourth-order valence-corrected chi connectivity index (χ4v) is 2.60. The number of hydrazone groups is 1. The normalized spacial score (nSPS) is 11.2. The Morgan fingerprint density at radius 2 is 1.88 bits per heavy atom. The Labute approximate surface area is 152 Å². The van der Waals surface area contributed by atoms with E-state index in [1.54, 1.807) is 20.8 Å². The molecule has 0 bridgehead atoms. The second-order valence-corrected chi connectivity index (χ2v) is 5.80. The Morgan fingerprint density at radius 3 is 2.54 bits per heavy atom. The van der Waals surface area contributed by atoms with Crippen LogP contribution in [-0.4, -0.2) is 35.7 Å². The van der Waals surface area contributed by atoms with Gasteiger partial charge in [-0.3, -0.25) is 4.79 Å². The van der Waals surface area contributed by atoms with Gasteiger partial charge in [-0.15, -0.1) is 0 Å². The molecule has 0 radical (unpaired) electrons. The maximum Gasteiger partial charge on any atom is 0.340 e. The van der Waals surface area contributed by atoms with Crippen LogP contribution >= 0.6 is 0 Å². The zero-order valence-corrected chi connectivity index (χ0v) is 15.5. The fourth-order valence-electron chi connectivity index (χ4n) is 2.60. The van der Waals surface area contributed by atoms with Gasteiger partial charge in [-0.2, -0.15) is 5.10 Å². The number of aromatic amines is 1. The van der Waals surface area contributed by atoms with E-state index in [9.17, 15) is 9.59 Å². The van der Waals surface area contributed by atoms with Gasteiger partial charge < -0.3 is 15.0 Å². The molecule has 138 valence electrons. The summed E-state index contributed by atoms with van der Waals surface area (Å²) in [7, 11) is 0. The molecule has 0 atom stereocenters. The minimum Gasteiger partial charge on any atom is -0.462 e. The van der Waals surface area contributed by atoms with Crippen LogP contribution in [0.25, 0.3) is 0 Å². The third-order valence-electron chi connectivity index (χ3n) is 3.85. The molecule has 7 nitrogen and oxygen atoms in total. The van der Waals surface area contributed by atoms with E-state index in [4.69, 9.17) is 4.74 Å². The van der Waals surface area contributed by atoms with Crippen LogP contribution < -0.4 is 10.7 Å². The summed E-state index contributed by atoms with van der Waals surface area (Å²) in [5, 5.41) is 7.13. The quantitative estimate of drug-likeness (QED) is 0.404. The highest BCUT2D eigenvalue weighted by Gasteiger charge is 2.20. The van der Waals surface area contributed by atoms with Gasteiger partial charge in [-0.05, 0) is 45.4 Å². The lowest BCUT2D eigenvalue weighted by molar-refractivity contribution is -0.119. The smallest absolute Gasteiger partial charge is 0.340 e. The number of rotatable bonds is 7. The molecular formula is C19H24N4O3. The van der Waals surface area contributed by atoms with Crippen LogP contribution in [-0.2, 0) is 9.53 Å². The van der Waals surface area contributed by atoms with Gasteiger partial charge in [0.2, 0.25) is 0 Å². The average molecular weight is 356 g/mol. The first-order chi connectivity index (χ1) is 12.4. The molecule has 0 aliphatic heterocycles. The van der Waals surface area contributed by atoms with Gasteiger partial charge in [0.05, 0.1) is 30.1 Å². The molecule has 2 rings (SSSR count). The van der Waals surface area contributed by atoms with Gasteiger partial charge in [-0.1, -0.05) is 18.2 Å². The van der Waals surface area contributed by atoms with Crippen molar-refractivity contribution >= 4 is 23.3 Å². The molecule has 0 fully saturated rings. The number of benzene rings is 1. The third-order valence-corrected chi connectivity index (χ3v) is 3.85. The van der Waals surface area contributed by atoms with Crippen molar-refractivity contribution in [2.75, 3.05) is 18.5 Å². The summed E-state index contributed by atoms with van der Waals surface area (Å²) < 4.78 is 5.08. The Kier molecular flexibility index (Phi) is 6.54. The highest BCUT2D eigenvalue weighted by Crippen LogP contribution is 2.19. The number of nitrogens with one attached hydrogen (secondary N) is 3. The molecule has 0 aliphatic carbocycles. The largest absolute Gasteiger partial charge is 0.462 e. The van der Waals surface area contributed by atoms with Gasteiger partial charge in [-0.25, -0.2) is 10.2 Å². The van der Waals surface area contributed by atoms with Crippen LogP contribution in [0.1, 0.15) is 41.2 Å². The highest BCUT2D eigenvalue weighted by molar-refractivity contribution is 6.03. The lowest BCUT2D eigenvalue weighted by Gasteiger charge is -2.06. The summed E-state index contributed by atoms with van der Waals surface area (Å²) in [6.45, 7) is 7.58. The number of carbonyl (C=O) groups excluding carboxylic acids is 2. The second kappa shape index (κ2) is 8.84. The van der Waals surface area contributed by atoms with Gasteiger partial charge >= 0.3 is 5.97 Å². The molecule has 0 aliphatic rings. The minimum absolute atomic E-state index is 0.109. The molecule has 0 unspecified atom stereocenters. The number of esters is 1. The molecule has 1 aromatic carbocycles. The number of anilines is 1. The summed E-state index contributed by atoms with van der Waals surface area (Å²) in [6.07, 6.45) is 0. The zero-order chi connectivity index (χ0) is 19.1. The summed E-state index contributed by atoms with van der Waals surface area (Å²) in [5.41, 5.74) is 6.61. The Bertz CT molecular complexity index is 810. The van der Waals surface area contributed by atoms with Gasteiger partial charge in [0.15, 0.2) is 0 Å². The number of hydrogen-bond acceptors (Lipinski definition) is 5. The monoisotopic (exact) mass is 356 g/mol. The number of hydrogen-bond donors (Lipinski definition) is 3. The molecule has 1 heterocycles. The van der Waals surface area contributed by atoms with Gasteiger partial charge in [0.1, 0.15) is 0 Å². The summed E-state index contributed by atoms with van der Waals surface area (Å²) >= 11 is 0. The van der Waals surface area contributed by atoms with Crippen molar-refractivity contribution in [3.8, 4) is 0 Å². The van der Waals surface area contributed by atoms with E-state index in [0.717, 1.165) is 11.3 Å². The first-order valence-corrected chi connectivity index (χ1v) is 8.42. The molecule has 1 aromatic heterocycles. The molecular weight excluding hydrogens is 332 g/mol. The Balaban J connectivity index is 2.02. The van der Waals surface area contributed by atoms with Crippen LogP contribution in [0.5, 0.6) is 0 Å². The molecule has 1 amide bonds. The maximum atomic E-state index is 12.0. The summed E-state index contributed by atoms with van der Waals surface area (Å²) in [6, 6.07) is 9.44. The second-order valence-electron chi connectivity index (χ2n) is 5.80. The van der Waals surface area contributed by atoms with Crippen LogP contribution in [0.4, 0.5) is 5.69 Å². The van der Waals surface area contributed by atoms with E-state index < -0.39 is 0 Å². The van der Waals surface area contributed by atoms with Crippen molar-refractivity contribution < 1.29 is 14.3 Å². The van der Waals surface area contributed by atoms with E-state index in [1.165, 1.54) is 0 Å². The predicted molar refractivity (Wildman–Crippen MR) is 102 cm³/mol. The third kappa shape index (κ3) is 4.72. The number of nitrogens with zero attached hydrogens (tertiary/aromatic N) is 1. The highest BCUT2D eigenvalue weighted by atomic mass is 16.5. The van der Waals surface area contributed by atoms with Crippen LogP contribution in [0.3, 0.4) is 0 Å². The topological polar surface area (TPSA) is 95.6 Å². The van der Waals surface area contributed by atoms with Crippen molar-refractivity contribution in [2.45, 2.75) is 27.7 Å². The number of amides is 1. The lowest BCUT2D eigenvalue weighted by Crippen LogP contribution is -2.26. The Morgan fingerprint density at radius 1 is 1.19 bits per heavy atom. The molecule has 3 N–H and O–H groups in total. The number of H-pyrrole nitrogens is 1. The number of para-hydroxylation sites is 1. The summed E-state index contributed by atoms with van der Waals surface area (Å²) in [4.78, 5) is 27.1. The van der Waals surface area contributed by atoms with Crippen molar-refractivity contribution in [1.29, 1.82) is 0 Å². The van der Waals surface area contributed by atoms with Crippen molar-refractivity contribution in [1.82, 2.24) is 10.4 Å². The number of carbonyl (C=O) groups is 2. The molecule has 0 saturated carbocycles. The van der Waals surface area contributed by atoms with Crippen molar-refractivity contribution in [3.63, 3.8) is 0 Å². The standard InChI is InChI=1S/C19H24N4O3/c1-5-26-19(25)17-12(2)18(21-13(17)3)14(4)22-23-16(24)11-20-15-9-7-6-8-10-15/h6-10,20-21H,5,11H2,1-4H3,(H,23,24)/b22-14-. The lowest BCUT2D eigenvalue weighted by atomic mass is 10.1. The van der Waals surface area contributed by atoms with Crippen LogP contribution in [0.2, 0.25) is 0 Å². The van der Waals surface area contributed by atoms with Crippen molar-refractivity contribution in [3.05, 3.63) is 52.8 Å². The zero-order valence-electron chi connectivity index (χ0n) is 15.5. The molecule has 7 heteroatoms. The number of ether oxygens (including phenoxy) is 1. The van der Waals surface area contributed by atoms with Gasteiger partial charge in [0.25, 0.3) is 5.91 Å². The van der Waals surface area contributed by atoms with Crippen LogP contribution in [0, 0.1) is 13.8 Å².